The van der Waals surface area contributed by atoms with Gasteiger partial charge >= 0.3 is 0 Å². The summed E-state index contributed by atoms with van der Waals surface area (Å²) >= 11 is 0. The van der Waals surface area contributed by atoms with Crippen molar-refractivity contribution in [2.24, 2.45) is 0 Å². The highest BCUT2D eigenvalue weighted by molar-refractivity contribution is 7.00. The molecular formula is C87H94BN3. The molecule has 1 spiro atoms. The van der Waals surface area contributed by atoms with E-state index in [2.05, 4.69) is 313 Å². The van der Waals surface area contributed by atoms with Gasteiger partial charge in [-0.15, -0.1) is 0 Å². The van der Waals surface area contributed by atoms with Crippen LogP contribution in [0.1, 0.15) is 233 Å². The van der Waals surface area contributed by atoms with Gasteiger partial charge in [-0.3, -0.25) is 0 Å². The molecule has 0 saturated heterocycles. The zero-order valence-electron chi connectivity index (χ0n) is 59.1. The molecule has 0 saturated carbocycles. The molecule has 6 heterocycles. The van der Waals surface area contributed by atoms with Crippen LogP contribution in [0.2, 0.25) is 0 Å². The summed E-state index contributed by atoms with van der Waals surface area (Å²) in [6, 6.07) is 56.1. The Morgan fingerprint density at radius 1 is 0.297 bits per heavy atom. The van der Waals surface area contributed by atoms with Crippen molar-refractivity contribution in [2.45, 2.75) is 215 Å². The highest BCUT2D eigenvalue weighted by atomic mass is 15.1. The summed E-state index contributed by atoms with van der Waals surface area (Å²) in [7, 11) is 0. The van der Waals surface area contributed by atoms with Crippen LogP contribution < -0.4 is 16.4 Å². The predicted molar refractivity (Wildman–Crippen MR) is 395 cm³/mol. The van der Waals surface area contributed by atoms with Crippen LogP contribution in [-0.4, -0.2) is 20.4 Å². The third kappa shape index (κ3) is 7.75. The normalized spacial score (nSPS) is 15.3. The number of hydrogen-bond donors (Lipinski definition) is 0. The maximum Gasteiger partial charge on any atom is 0.252 e. The van der Waals surface area contributed by atoms with E-state index < -0.39 is 5.41 Å². The van der Waals surface area contributed by atoms with Gasteiger partial charge in [0.05, 0.1) is 33.0 Å². The Balaban J connectivity index is 1.19. The number of rotatable bonds is 1. The fourth-order valence-corrected chi connectivity index (χ4v) is 17.2. The lowest BCUT2D eigenvalue weighted by atomic mass is 9.33. The predicted octanol–water partition coefficient (Wildman–Crippen LogP) is 21.2. The second kappa shape index (κ2) is 17.6. The number of hydrogen-bond acceptors (Lipinski definition) is 0. The van der Waals surface area contributed by atoms with Gasteiger partial charge in [-0.25, -0.2) is 0 Å². The van der Waals surface area contributed by atoms with Gasteiger partial charge in [-0.05, 0) is 186 Å². The van der Waals surface area contributed by atoms with Crippen molar-refractivity contribution in [3.05, 3.63) is 200 Å². The van der Waals surface area contributed by atoms with Crippen LogP contribution >= 0.6 is 0 Å². The number of fused-ring (bicyclic) bond motifs is 18. The Kier molecular flexibility index (Phi) is 11.3. The minimum absolute atomic E-state index is 0.00909. The van der Waals surface area contributed by atoms with Crippen LogP contribution in [0.15, 0.2) is 133 Å². The van der Waals surface area contributed by atoms with Crippen LogP contribution in [0.5, 0.6) is 0 Å². The van der Waals surface area contributed by atoms with Crippen LogP contribution in [0.4, 0.5) is 0 Å². The molecule has 3 nitrogen and oxygen atoms in total. The average molecular weight is 1190 g/mol. The first-order valence-electron chi connectivity index (χ1n) is 34.1. The molecule has 0 N–H and O–H groups in total. The summed E-state index contributed by atoms with van der Waals surface area (Å²) < 4.78 is 8.33. The lowest BCUT2D eigenvalue weighted by Gasteiger charge is -2.45. The zero-order valence-corrected chi connectivity index (χ0v) is 59.1. The molecule has 0 amide bonds. The standard InChI is InChI=1S/C87H94BN3/c1-79(2,3)47-25-30-54(31-26-47)89-68-44-50(82(10,11)12)29-34-57(68)71-70(89)46-66-78-73(71)72-63(86(22,23)24)41-53(85(19,20)21)45-69(72)90(78)67-36-35-60-77-74(67)88(66)65-43-52(84(16,17)18)38-59-58-37-51(83(13,14)15)42-64(75(58)91(77)76(59)65)87(60)61-39-48(80(4,5)6)27-32-55(61)56-33-28-49(40-62(56)87)81(7,8)9/h25-46H,1-24H3. The molecule has 460 valence electrons. The SMILES string of the molecule is CC(C)(C)c1ccc(-n2c3cc(C(C)(C)C)ccc3c3c4c5c(C(C)(C)C)cc(C(C)(C)C)cc5n5c4c(cc32)B2c3c-5ccc4c3-n3c5c2cc(C(C)(C)C)cc5c2cc(C(C)(C)C)cc(c23)C42c3cc(C(C)(C)C)ccc3-c3ccc(C(C)(C)C)cc32)cc1. The molecule has 0 fully saturated rings. The van der Waals surface area contributed by atoms with Gasteiger partial charge in [0.25, 0.3) is 6.71 Å². The van der Waals surface area contributed by atoms with E-state index >= 15 is 0 Å². The Labute approximate surface area is 542 Å². The Bertz CT molecular complexity index is 5210. The maximum atomic E-state index is 2.85. The Morgan fingerprint density at radius 3 is 1.31 bits per heavy atom. The van der Waals surface area contributed by atoms with E-state index in [1.165, 1.54) is 177 Å². The van der Waals surface area contributed by atoms with Crippen molar-refractivity contribution < 1.29 is 0 Å². The molecule has 3 aromatic heterocycles. The highest BCUT2D eigenvalue weighted by Gasteiger charge is 2.56. The fraction of sp³-hybridized carbons (Fsp3) is 0.379. The molecular weight excluding hydrogens is 1100 g/mol. The number of aromatic nitrogens is 3. The third-order valence-electron chi connectivity index (χ3n) is 22.4. The van der Waals surface area contributed by atoms with E-state index in [-0.39, 0.29) is 50.0 Å². The Morgan fingerprint density at radius 2 is 0.758 bits per heavy atom. The smallest absolute Gasteiger partial charge is 0.252 e. The molecule has 4 aliphatic rings. The minimum Gasteiger partial charge on any atom is -0.310 e. The van der Waals surface area contributed by atoms with Crippen molar-refractivity contribution in [3.63, 3.8) is 0 Å². The van der Waals surface area contributed by atoms with E-state index in [1.807, 2.05) is 0 Å². The molecule has 16 rings (SSSR count). The first-order valence-corrected chi connectivity index (χ1v) is 34.1. The van der Waals surface area contributed by atoms with Gasteiger partial charge in [0.2, 0.25) is 0 Å². The summed E-state index contributed by atoms with van der Waals surface area (Å²) in [4.78, 5) is 0. The molecule has 0 atom stereocenters. The van der Waals surface area contributed by atoms with Crippen molar-refractivity contribution in [1.29, 1.82) is 0 Å². The lowest BCUT2D eigenvalue weighted by molar-refractivity contribution is 0.573. The van der Waals surface area contributed by atoms with Gasteiger partial charge in [-0.2, -0.15) is 0 Å². The summed E-state index contributed by atoms with van der Waals surface area (Å²) in [5, 5.41) is 8.13. The van der Waals surface area contributed by atoms with Crippen LogP contribution in [0.25, 0.3) is 93.6 Å². The zero-order chi connectivity index (χ0) is 64.8. The molecule has 12 aromatic rings. The first kappa shape index (κ1) is 58.5. The summed E-state index contributed by atoms with van der Waals surface area (Å²) in [6.45, 7) is 57.6. The van der Waals surface area contributed by atoms with E-state index in [0.717, 1.165) is 0 Å². The topological polar surface area (TPSA) is 14.8 Å². The number of benzene rings is 9. The van der Waals surface area contributed by atoms with Gasteiger partial charge in [-0.1, -0.05) is 251 Å². The molecule has 4 heteroatoms. The van der Waals surface area contributed by atoms with Gasteiger partial charge in [0.1, 0.15) is 0 Å². The second-order valence-electron chi connectivity index (χ2n) is 36.8. The quantitative estimate of drug-likeness (QED) is 0.146. The van der Waals surface area contributed by atoms with E-state index in [4.69, 9.17) is 0 Å². The molecule has 0 radical (unpaired) electrons. The maximum absolute atomic E-state index is 2.85. The van der Waals surface area contributed by atoms with Gasteiger partial charge in [0, 0.05) is 54.9 Å². The summed E-state index contributed by atoms with van der Waals surface area (Å²) in [5.41, 5.74) is 33.8. The first-order chi connectivity index (χ1) is 42.2. The lowest BCUT2D eigenvalue weighted by Crippen LogP contribution is -2.60. The molecule has 0 bridgehead atoms. The second-order valence-corrected chi connectivity index (χ2v) is 36.8. The molecule has 91 heavy (non-hydrogen) atoms. The van der Waals surface area contributed by atoms with Crippen LogP contribution in [0, 0.1) is 0 Å². The van der Waals surface area contributed by atoms with E-state index in [9.17, 15) is 0 Å². The van der Waals surface area contributed by atoms with Crippen molar-refractivity contribution >= 4 is 88.5 Å². The van der Waals surface area contributed by atoms with Crippen LogP contribution in [-0.2, 0) is 48.7 Å². The minimum atomic E-state index is -0.663. The summed E-state index contributed by atoms with van der Waals surface area (Å²) in [6.07, 6.45) is 0. The molecule has 9 aromatic carbocycles. The number of nitrogens with zero attached hydrogens (tertiary/aromatic N) is 3. The van der Waals surface area contributed by atoms with Crippen molar-refractivity contribution in [1.82, 2.24) is 13.7 Å². The fourth-order valence-electron chi connectivity index (χ4n) is 17.2. The monoisotopic (exact) mass is 1190 g/mol. The van der Waals surface area contributed by atoms with Crippen LogP contribution in [0.3, 0.4) is 0 Å². The van der Waals surface area contributed by atoms with Crippen molar-refractivity contribution in [2.75, 3.05) is 0 Å². The van der Waals surface area contributed by atoms with Gasteiger partial charge in [0.15, 0.2) is 0 Å². The van der Waals surface area contributed by atoms with E-state index in [0.29, 0.717) is 0 Å². The average Bonchev–Trinajstić information content (AvgIpc) is 1.52. The highest BCUT2D eigenvalue weighted by Crippen LogP contribution is 2.63. The molecule has 3 aliphatic heterocycles. The van der Waals surface area contributed by atoms with Crippen molar-refractivity contribution in [3.8, 4) is 28.2 Å². The third-order valence-corrected chi connectivity index (χ3v) is 22.4. The molecule has 0 unspecified atom stereocenters. The molecule has 1 aliphatic carbocycles. The van der Waals surface area contributed by atoms with Gasteiger partial charge < -0.3 is 13.7 Å². The summed E-state index contributed by atoms with van der Waals surface area (Å²) in [5.74, 6) is 0. The Hall–Kier alpha value is -7.56. The van der Waals surface area contributed by atoms with E-state index in [1.54, 1.807) is 0 Å². The largest absolute Gasteiger partial charge is 0.310 e.